The minimum absolute atomic E-state index is 0.0829. The molecule has 0 bridgehead atoms. The lowest BCUT2D eigenvalue weighted by Gasteiger charge is -1.91. The molecule has 0 fully saturated rings. The van der Waals surface area contributed by atoms with Gasteiger partial charge in [0.2, 0.25) is 0 Å². The Kier molecular flexibility index (Phi) is 4.89. The van der Waals surface area contributed by atoms with E-state index in [4.69, 9.17) is 0 Å². The Morgan fingerprint density at radius 2 is 1.22 bits per heavy atom. The molecular weight excluding hydrogens is 400 g/mol. The number of ketones is 2. The van der Waals surface area contributed by atoms with Gasteiger partial charge in [0.05, 0.1) is 20.4 Å². The minimum Gasteiger partial charge on any atom is -0.292 e. The molecule has 0 aliphatic heterocycles. The minimum atomic E-state index is 0.0829. The lowest BCUT2D eigenvalue weighted by Crippen LogP contribution is -1.94. The van der Waals surface area contributed by atoms with Crippen LogP contribution in [0.4, 0.5) is 0 Å². The number of alkyl halides is 2. The van der Waals surface area contributed by atoms with E-state index < -0.39 is 0 Å². The van der Waals surface area contributed by atoms with Gasteiger partial charge in [0.1, 0.15) is 0 Å². The first-order valence-corrected chi connectivity index (χ1v) is 8.91. The van der Waals surface area contributed by atoms with Crippen molar-refractivity contribution >= 4 is 66.1 Å². The highest BCUT2D eigenvalue weighted by Crippen LogP contribution is 2.34. The van der Waals surface area contributed by atoms with E-state index in [0.717, 1.165) is 19.5 Å². The Labute approximate surface area is 129 Å². The summed E-state index contributed by atoms with van der Waals surface area (Å²) in [5.41, 5.74) is 0. The fourth-order valence-electron chi connectivity index (χ4n) is 1.37. The van der Waals surface area contributed by atoms with Crippen LogP contribution < -0.4 is 0 Å². The molecular formula is C12H8Br2O2S2. The van der Waals surface area contributed by atoms with E-state index in [1.54, 1.807) is 0 Å². The number of carbonyl (C=O) groups excluding carboxylic acids is 2. The van der Waals surface area contributed by atoms with Gasteiger partial charge in [0.25, 0.3) is 0 Å². The summed E-state index contributed by atoms with van der Waals surface area (Å²) in [5.74, 6) is 0.166. The average molecular weight is 408 g/mol. The number of Topliss-reactive ketones (excluding diaryl/α,β-unsaturated/α-hetero) is 2. The molecule has 0 unspecified atom stereocenters. The summed E-state index contributed by atoms with van der Waals surface area (Å²) >= 11 is 9.24. The van der Waals surface area contributed by atoms with Gasteiger partial charge in [0.15, 0.2) is 11.6 Å². The highest BCUT2D eigenvalue weighted by atomic mass is 79.9. The molecule has 18 heavy (non-hydrogen) atoms. The molecule has 2 aromatic heterocycles. The molecule has 2 nitrogen and oxygen atoms in total. The van der Waals surface area contributed by atoms with Crippen LogP contribution in [0.1, 0.15) is 19.3 Å². The van der Waals surface area contributed by atoms with Gasteiger partial charge in [-0.05, 0) is 24.3 Å². The zero-order valence-electron chi connectivity index (χ0n) is 9.11. The second kappa shape index (κ2) is 6.23. The summed E-state index contributed by atoms with van der Waals surface area (Å²) in [4.78, 5) is 26.6. The van der Waals surface area contributed by atoms with E-state index in [-0.39, 0.29) is 11.6 Å². The molecule has 2 aromatic rings. The summed E-state index contributed by atoms with van der Waals surface area (Å²) < 4.78 is 0. The van der Waals surface area contributed by atoms with Crippen molar-refractivity contribution in [3.8, 4) is 9.75 Å². The molecule has 2 rings (SSSR count). The first-order valence-electron chi connectivity index (χ1n) is 5.04. The van der Waals surface area contributed by atoms with Gasteiger partial charge in [-0.2, -0.15) is 0 Å². The van der Waals surface area contributed by atoms with Crippen molar-refractivity contribution < 1.29 is 9.59 Å². The molecule has 0 aliphatic rings. The topological polar surface area (TPSA) is 34.1 Å². The monoisotopic (exact) mass is 406 g/mol. The van der Waals surface area contributed by atoms with Crippen LogP contribution in [0, 0.1) is 0 Å². The first-order chi connectivity index (χ1) is 8.65. The maximum Gasteiger partial charge on any atom is 0.183 e. The van der Waals surface area contributed by atoms with Gasteiger partial charge in [-0.3, -0.25) is 9.59 Å². The van der Waals surface area contributed by atoms with Gasteiger partial charge >= 0.3 is 0 Å². The Bertz CT molecular complexity index is 534. The molecule has 0 radical (unpaired) electrons. The van der Waals surface area contributed by atoms with Crippen molar-refractivity contribution in [2.45, 2.75) is 0 Å². The molecule has 0 aliphatic carbocycles. The van der Waals surface area contributed by atoms with Crippen LogP contribution in [0.3, 0.4) is 0 Å². The molecule has 0 atom stereocenters. The lowest BCUT2D eigenvalue weighted by atomic mass is 10.3. The van der Waals surface area contributed by atoms with Gasteiger partial charge < -0.3 is 0 Å². The zero-order chi connectivity index (χ0) is 13.1. The standard InChI is InChI=1S/C12H8Br2O2S2/c13-5-7(15)9-1-3-11(17-9)12-4-2-10(18-12)8(16)6-14/h1-4H,5-6H2. The van der Waals surface area contributed by atoms with Gasteiger partial charge in [0, 0.05) is 9.75 Å². The first kappa shape index (κ1) is 14.1. The van der Waals surface area contributed by atoms with E-state index in [2.05, 4.69) is 31.9 Å². The Balaban J connectivity index is 2.26. The van der Waals surface area contributed by atoms with Crippen molar-refractivity contribution in [2.24, 2.45) is 0 Å². The number of rotatable bonds is 5. The summed E-state index contributed by atoms with van der Waals surface area (Å²) in [7, 11) is 0. The van der Waals surface area contributed by atoms with E-state index in [1.165, 1.54) is 22.7 Å². The number of thiophene rings is 2. The van der Waals surface area contributed by atoms with Crippen molar-refractivity contribution in [3.63, 3.8) is 0 Å². The van der Waals surface area contributed by atoms with Crippen LogP contribution in [0.5, 0.6) is 0 Å². The van der Waals surface area contributed by atoms with Crippen LogP contribution >= 0.6 is 54.5 Å². The molecule has 6 heteroatoms. The van der Waals surface area contributed by atoms with Crippen LogP contribution in [0.2, 0.25) is 0 Å². The summed E-state index contributed by atoms with van der Waals surface area (Å²) in [6.45, 7) is 0. The predicted molar refractivity (Wildman–Crippen MR) is 83.9 cm³/mol. The van der Waals surface area contributed by atoms with Gasteiger partial charge in [-0.1, -0.05) is 31.9 Å². The van der Waals surface area contributed by atoms with Crippen molar-refractivity contribution in [1.82, 2.24) is 0 Å². The number of halogens is 2. The molecule has 94 valence electrons. The molecule has 0 amide bonds. The second-order valence-corrected chi connectivity index (χ2v) is 6.73. The highest BCUT2D eigenvalue weighted by Gasteiger charge is 2.12. The van der Waals surface area contributed by atoms with E-state index >= 15 is 0 Å². The third kappa shape index (κ3) is 2.99. The summed E-state index contributed by atoms with van der Waals surface area (Å²) in [5, 5.41) is 0.676. The van der Waals surface area contributed by atoms with Crippen LogP contribution in [0.15, 0.2) is 24.3 Å². The van der Waals surface area contributed by atoms with Crippen molar-refractivity contribution in [3.05, 3.63) is 34.0 Å². The Morgan fingerprint density at radius 3 is 1.56 bits per heavy atom. The Hall–Kier alpha value is -0.300. The third-order valence-corrected chi connectivity index (χ3v) is 5.71. The third-order valence-electron chi connectivity index (χ3n) is 2.25. The average Bonchev–Trinajstić information content (AvgIpc) is 3.04. The second-order valence-electron chi connectivity index (χ2n) is 3.44. The molecule has 0 saturated heterocycles. The highest BCUT2D eigenvalue weighted by molar-refractivity contribution is 9.09. The van der Waals surface area contributed by atoms with Crippen LogP contribution in [-0.2, 0) is 0 Å². The quantitative estimate of drug-likeness (QED) is 0.534. The van der Waals surface area contributed by atoms with E-state index in [1.807, 2.05) is 24.3 Å². The Morgan fingerprint density at radius 1 is 0.833 bits per heavy atom. The molecule has 0 saturated carbocycles. The fraction of sp³-hybridized carbons (Fsp3) is 0.167. The van der Waals surface area contributed by atoms with Crippen molar-refractivity contribution in [2.75, 3.05) is 10.7 Å². The SMILES string of the molecule is O=C(CBr)c1ccc(-c2ccc(C(=O)CBr)s2)s1. The summed E-state index contributed by atoms with van der Waals surface area (Å²) in [6.07, 6.45) is 0. The molecule has 2 heterocycles. The lowest BCUT2D eigenvalue weighted by molar-refractivity contribution is 0.101. The molecule has 0 aromatic carbocycles. The van der Waals surface area contributed by atoms with Gasteiger partial charge in [-0.15, -0.1) is 22.7 Å². The van der Waals surface area contributed by atoms with Gasteiger partial charge in [-0.25, -0.2) is 0 Å². The van der Waals surface area contributed by atoms with Crippen LogP contribution in [0.25, 0.3) is 9.75 Å². The number of hydrogen-bond donors (Lipinski definition) is 0. The fourth-order valence-corrected chi connectivity index (χ4v) is 4.32. The van der Waals surface area contributed by atoms with Crippen LogP contribution in [-0.4, -0.2) is 22.2 Å². The van der Waals surface area contributed by atoms with E-state index in [0.29, 0.717) is 10.7 Å². The van der Waals surface area contributed by atoms with Crippen molar-refractivity contribution in [1.29, 1.82) is 0 Å². The van der Waals surface area contributed by atoms with E-state index in [9.17, 15) is 9.59 Å². The number of hydrogen-bond acceptors (Lipinski definition) is 4. The molecule has 0 N–H and O–H groups in total. The zero-order valence-corrected chi connectivity index (χ0v) is 13.9. The number of carbonyl (C=O) groups is 2. The normalized spacial score (nSPS) is 10.6. The smallest absolute Gasteiger partial charge is 0.183 e. The molecule has 0 spiro atoms. The maximum absolute atomic E-state index is 11.5. The largest absolute Gasteiger partial charge is 0.292 e. The summed E-state index contributed by atoms with van der Waals surface area (Å²) in [6, 6.07) is 7.51. The predicted octanol–water partition coefficient (Wildman–Crippen LogP) is 4.63. The maximum atomic E-state index is 11.5.